The quantitative estimate of drug-likeness (QED) is 0.382. The Balaban J connectivity index is 2.58. The van der Waals surface area contributed by atoms with Crippen LogP contribution in [0.4, 0.5) is 10.5 Å². The Morgan fingerprint density at radius 3 is 1.93 bits per heavy atom. The first-order chi connectivity index (χ1) is 12.9. The largest absolute Gasteiger partial charge is 0.469 e. The Labute approximate surface area is 157 Å². The van der Waals surface area contributed by atoms with Crippen molar-refractivity contribution < 1.29 is 33.4 Å². The van der Waals surface area contributed by atoms with Crippen LogP contribution < -0.4 is 10.6 Å². The third-order valence-electron chi connectivity index (χ3n) is 3.60. The van der Waals surface area contributed by atoms with Crippen LogP contribution in [0.2, 0.25) is 0 Å². The molecule has 0 aliphatic rings. The van der Waals surface area contributed by atoms with Crippen LogP contribution in [0.15, 0.2) is 18.2 Å². The fourth-order valence-corrected chi connectivity index (χ4v) is 2.22. The summed E-state index contributed by atoms with van der Waals surface area (Å²) in [5.41, 5.74) is 0.471. The van der Waals surface area contributed by atoms with Crippen LogP contribution in [0, 0.1) is 0 Å². The molecule has 0 fully saturated rings. The number of nitrogens with one attached hydrogen (secondary N) is 2. The zero-order valence-electron chi connectivity index (χ0n) is 15.6. The van der Waals surface area contributed by atoms with E-state index in [0.717, 1.165) is 6.42 Å². The monoisotopic (exact) mass is 380 g/mol. The van der Waals surface area contributed by atoms with Gasteiger partial charge in [-0.1, -0.05) is 6.42 Å². The van der Waals surface area contributed by atoms with Gasteiger partial charge >= 0.3 is 23.9 Å². The number of urea groups is 1. The molecule has 1 aromatic carbocycles. The van der Waals surface area contributed by atoms with Crippen molar-refractivity contribution in [1.82, 2.24) is 5.32 Å². The fourth-order valence-electron chi connectivity index (χ4n) is 2.22. The normalized spacial score (nSPS) is 9.89. The van der Waals surface area contributed by atoms with Crippen LogP contribution in [0.1, 0.15) is 46.4 Å². The predicted octanol–water partition coefficient (Wildman–Crippen LogP) is 2.11. The van der Waals surface area contributed by atoms with Gasteiger partial charge in [0.2, 0.25) is 0 Å². The molecule has 0 unspecified atom stereocenters. The zero-order chi connectivity index (χ0) is 20.2. The van der Waals surface area contributed by atoms with E-state index in [-0.39, 0.29) is 22.8 Å². The number of methoxy groups -OCH3 is 3. The average molecular weight is 380 g/mol. The van der Waals surface area contributed by atoms with E-state index in [2.05, 4.69) is 24.8 Å². The van der Waals surface area contributed by atoms with Gasteiger partial charge in [0.05, 0.1) is 32.5 Å². The van der Waals surface area contributed by atoms with Crippen molar-refractivity contribution in [3.8, 4) is 0 Å². The predicted molar refractivity (Wildman–Crippen MR) is 96.6 cm³/mol. The first-order valence-corrected chi connectivity index (χ1v) is 8.34. The number of esters is 3. The van der Waals surface area contributed by atoms with E-state index in [4.69, 9.17) is 0 Å². The number of benzene rings is 1. The number of ether oxygens (including phenoxy) is 3. The number of unbranched alkanes of at least 4 members (excludes halogenated alkanes) is 2. The van der Waals surface area contributed by atoms with Gasteiger partial charge in [-0.25, -0.2) is 14.4 Å². The van der Waals surface area contributed by atoms with Gasteiger partial charge in [-0.2, -0.15) is 0 Å². The van der Waals surface area contributed by atoms with Gasteiger partial charge in [0.25, 0.3) is 0 Å². The van der Waals surface area contributed by atoms with E-state index in [1.165, 1.54) is 39.5 Å². The molecule has 9 nitrogen and oxygen atoms in total. The molecule has 0 aliphatic carbocycles. The summed E-state index contributed by atoms with van der Waals surface area (Å²) in [7, 11) is 3.77. The van der Waals surface area contributed by atoms with Crippen molar-refractivity contribution in [1.29, 1.82) is 0 Å². The highest BCUT2D eigenvalue weighted by Gasteiger charge is 2.14. The smallest absolute Gasteiger partial charge is 0.337 e. The third kappa shape index (κ3) is 7.76. The Kier molecular flexibility index (Phi) is 9.35. The number of amides is 2. The fraction of sp³-hybridized carbons (Fsp3) is 0.444. The molecule has 1 rings (SSSR count). The first kappa shape index (κ1) is 21.9. The van der Waals surface area contributed by atoms with Crippen molar-refractivity contribution in [3.63, 3.8) is 0 Å². The van der Waals surface area contributed by atoms with Crippen LogP contribution in [0.3, 0.4) is 0 Å². The number of anilines is 1. The van der Waals surface area contributed by atoms with Gasteiger partial charge in [-0.05, 0) is 31.0 Å². The average Bonchev–Trinajstić information content (AvgIpc) is 2.68. The standard InChI is InChI=1S/C18H24N2O7/c1-25-15(21)7-5-4-6-8-19-18(24)20-14-10-12(16(22)26-2)9-13(11-14)17(23)27-3/h9-11H,4-8H2,1-3H3,(H2,19,20,24). The van der Waals surface area contributed by atoms with Gasteiger partial charge in [-0.15, -0.1) is 0 Å². The Hall–Kier alpha value is -3.10. The van der Waals surface area contributed by atoms with Crippen LogP contribution in [-0.4, -0.2) is 51.8 Å². The van der Waals surface area contributed by atoms with E-state index in [9.17, 15) is 19.2 Å². The second kappa shape index (κ2) is 11.5. The van der Waals surface area contributed by atoms with E-state index in [1.54, 1.807) is 0 Å². The van der Waals surface area contributed by atoms with Crippen LogP contribution >= 0.6 is 0 Å². The van der Waals surface area contributed by atoms with Crippen molar-refractivity contribution >= 4 is 29.6 Å². The summed E-state index contributed by atoms with van der Waals surface area (Å²) in [5, 5.41) is 5.22. The molecule has 0 bridgehead atoms. The Bertz CT molecular complexity index is 654. The zero-order valence-corrected chi connectivity index (χ0v) is 15.6. The molecular formula is C18H24N2O7. The van der Waals surface area contributed by atoms with E-state index in [1.807, 2.05) is 0 Å². The minimum atomic E-state index is -0.644. The lowest BCUT2D eigenvalue weighted by molar-refractivity contribution is -0.140. The maximum absolute atomic E-state index is 12.0. The van der Waals surface area contributed by atoms with Gasteiger partial charge in [-0.3, -0.25) is 4.79 Å². The lowest BCUT2D eigenvalue weighted by Crippen LogP contribution is -2.29. The highest BCUT2D eigenvalue weighted by Crippen LogP contribution is 2.17. The molecular weight excluding hydrogens is 356 g/mol. The molecule has 0 heterocycles. The Morgan fingerprint density at radius 1 is 0.815 bits per heavy atom. The lowest BCUT2D eigenvalue weighted by Gasteiger charge is -2.10. The molecule has 2 N–H and O–H groups in total. The van der Waals surface area contributed by atoms with Gasteiger partial charge in [0, 0.05) is 18.7 Å². The molecule has 0 atom stereocenters. The van der Waals surface area contributed by atoms with Crippen molar-refractivity contribution in [2.24, 2.45) is 0 Å². The Morgan fingerprint density at radius 2 is 1.41 bits per heavy atom. The highest BCUT2D eigenvalue weighted by molar-refractivity contribution is 5.99. The SMILES string of the molecule is COC(=O)CCCCCNC(=O)Nc1cc(C(=O)OC)cc(C(=O)OC)c1. The van der Waals surface area contributed by atoms with E-state index in [0.29, 0.717) is 25.8 Å². The molecule has 0 saturated heterocycles. The van der Waals surface area contributed by atoms with E-state index >= 15 is 0 Å². The molecule has 0 aromatic heterocycles. The maximum atomic E-state index is 12.0. The number of hydrogen-bond donors (Lipinski definition) is 2. The topological polar surface area (TPSA) is 120 Å². The van der Waals surface area contributed by atoms with Crippen LogP contribution in [0.5, 0.6) is 0 Å². The first-order valence-electron chi connectivity index (χ1n) is 8.34. The molecule has 2 amide bonds. The summed E-state index contributed by atoms with van der Waals surface area (Å²) in [6.45, 7) is 0.410. The summed E-state index contributed by atoms with van der Waals surface area (Å²) in [6.07, 6.45) is 2.48. The summed E-state index contributed by atoms with van der Waals surface area (Å²) < 4.78 is 13.8. The molecule has 0 spiro atoms. The minimum Gasteiger partial charge on any atom is -0.469 e. The molecule has 0 radical (unpaired) electrons. The van der Waals surface area contributed by atoms with Crippen molar-refractivity contribution in [2.45, 2.75) is 25.7 Å². The summed E-state index contributed by atoms with van der Waals surface area (Å²) in [4.78, 5) is 46.4. The molecule has 0 saturated carbocycles. The number of rotatable bonds is 9. The molecule has 27 heavy (non-hydrogen) atoms. The number of hydrogen-bond acceptors (Lipinski definition) is 7. The van der Waals surface area contributed by atoms with Crippen molar-refractivity contribution in [3.05, 3.63) is 29.3 Å². The lowest BCUT2D eigenvalue weighted by atomic mass is 10.1. The van der Waals surface area contributed by atoms with Crippen molar-refractivity contribution in [2.75, 3.05) is 33.2 Å². The summed E-state index contributed by atoms with van der Waals surface area (Å²) >= 11 is 0. The van der Waals surface area contributed by atoms with Crippen LogP contribution in [-0.2, 0) is 19.0 Å². The highest BCUT2D eigenvalue weighted by atomic mass is 16.5. The van der Waals surface area contributed by atoms with E-state index < -0.39 is 18.0 Å². The third-order valence-corrected chi connectivity index (χ3v) is 3.60. The van der Waals surface area contributed by atoms with Gasteiger partial charge in [0.1, 0.15) is 0 Å². The number of carbonyl (C=O) groups excluding carboxylic acids is 4. The molecule has 148 valence electrons. The molecule has 1 aromatic rings. The van der Waals surface area contributed by atoms with Gasteiger partial charge in [0.15, 0.2) is 0 Å². The summed E-state index contributed by atoms with van der Waals surface area (Å²) in [5.74, 6) is -1.54. The summed E-state index contributed by atoms with van der Waals surface area (Å²) in [6, 6.07) is 3.63. The second-order valence-electron chi connectivity index (χ2n) is 5.55. The maximum Gasteiger partial charge on any atom is 0.337 e. The van der Waals surface area contributed by atoms with Crippen LogP contribution in [0.25, 0.3) is 0 Å². The second-order valence-corrected chi connectivity index (χ2v) is 5.55. The number of carbonyl (C=O) groups is 4. The minimum absolute atomic E-state index is 0.110. The van der Waals surface area contributed by atoms with Gasteiger partial charge < -0.3 is 24.8 Å². The molecule has 9 heteroatoms. The molecule has 0 aliphatic heterocycles.